The number of alkyl halides is 2. The molecular formula is C14H26F2N2O2. The topological polar surface area (TPSA) is 64.3 Å². The molecule has 1 aliphatic rings. The van der Waals surface area contributed by atoms with Crippen LogP contribution in [0.5, 0.6) is 0 Å². The molecule has 0 bridgehead atoms. The molecule has 118 valence electrons. The highest BCUT2D eigenvalue weighted by Gasteiger charge is 2.35. The second-order valence-corrected chi connectivity index (χ2v) is 6.65. The maximum atomic E-state index is 13.2. The number of amides is 1. The molecule has 3 atom stereocenters. The Balaban J connectivity index is 2.47. The van der Waals surface area contributed by atoms with Gasteiger partial charge in [-0.25, -0.2) is 13.6 Å². The van der Waals surface area contributed by atoms with Crippen molar-refractivity contribution >= 4 is 6.09 Å². The van der Waals surface area contributed by atoms with Crippen LogP contribution in [0.15, 0.2) is 0 Å². The van der Waals surface area contributed by atoms with Gasteiger partial charge in [-0.2, -0.15) is 0 Å². The van der Waals surface area contributed by atoms with E-state index >= 15 is 0 Å². The van der Waals surface area contributed by atoms with Crippen LogP contribution >= 0.6 is 0 Å². The van der Waals surface area contributed by atoms with Crippen molar-refractivity contribution in [2.24, 2.45) is 11.7 Å². The van der Waals surface area contributed by atoms with Gasteiger partial charge in [0.2, 0.25) is 0 Å². The Kier molecular flexibility index (Phi) is 6.17. The largest absolute Gasteiger partial charge is 0.450 e. The van der Waals surface area contributed by atoms with Crippen molar-refractivity contribution in [3.63, 3.8) is 0 Å². The van der Waals surface area contributed by atoms with Crippen molar-refractivity contribution in [2.75, 3.05) is 6.61 Å². The Hall–Kier alpha value is -0.910. The van der Waals surface area contributed by atoms with E-state index in [-0.39, 0.29) is 36.9 Å². The van der Waals surface area contributed by atoms with Crippen LogP contribution in [-0.4, -0.2) is 36.6 Å². The Morgan fingerprint density at radius 3 is 2.35 bits per heavy atom. The van der Waals surface area contributed by atoms with E-state index in [9.17, 15) is 13.6 Å². The van der Waals surface area contributed by atoms with Gasteiger partial charge in [0.25, 0.3) is 0 Å². The van der Waals surface area contributed by atoms with Crippen LogP contribution in [0.4, 0.5) is 13.6 Å². The summed E-state index contributed by atoms with van der Waals surface area (Å²) < 4.78 is 31.2. The molecule has 1 aliphatic carbocycles. The SMILES string of the molecule is CC(C)(C)NC(CCOC(N)=O)CC1CC(F)C(F)C1. The normalized spacial score (nSPS) is 28.4. The van der Waals surface area contributed by atoms with E-state index in [1.54, 1.807) is 0 Å². The van der Waals surface area contributed by atoms with Crippen LogP contribution in [0.25, 0.3) is 0 Å². The molecule has 0 aliphatic heterocycles. The minimum atomic E-state index is -1.34. The third kappa shape index (κ3) is 6.50. The van der Waals surface area contributed by atoms with Crippen LogP contribution in [0.3, 0.4) is 0 Å². The lowest BCUT2D eigenvalue weighted by Gasteiger charge is -2.30. The Morgan fingerprint density at radius 1 is 1.35 bits per heavy atom. The molecule has 0 spiro atoms. The van der Waals surface area contributed by atoms with Gasteiger partial charge in [0.05, 0.1) is 6.61 Å². The van der Waals surface area contributed by atoms with E-state index in [0.29, 0.717) is 12.8 Å². The lowest BCUT2D eigenvalue weighted by molar-refractivity contribution is 0.146. The first-order valence-electron chi connectivity index (χ1n) is 7.15. The molecule has 1 rings (SSSR count). The Labute approximate surface area is 119 Å². The fraction of sp³-hybridized carbons (Fsp3) is 0.929. The zero-order chi connectivity index (χ0) is 15.3. The summed E-state index contributed by atoms with van der Waals surface area (Å²) in [4.78, 5) is 10.6. The maximum absolute atomic E-state index is 13.2. The number of nitrogens with one attached hydrogen (secondary N) is 1. The van der Waals surface area contributed by atoms with Crippen molar-refractivity contribution in [1.82, 2.24) is 5.32 Å². The number of hydrogen-bond acceptors (Lipinski definition) is 3. The lowest BCUT2D eigenvalue weighted by Crippen LogP contribution is -2.45. The summed E-state index contributed by atoms with van der Waals surface area (Å²) >= 11 is 0. The summed E-state index contributed by atoms with van der Waals surface area (Å²) in [6.07, 6.45) is -1.65. The summed E-state index contributed by atoms with van der Waals surface area (Å²) in [6.45, 7) is 6.30. The first kappa shape index (κ1) is 17.1. The smallest absolute Gasteiger partial charge is 0.404 e. The van der Waals surface area contributed by atoms with Gasteiger partial charge >= 0.3 is 6.09 Å². The predicted molar refractivity (Wildman–Crippen MR) is 74.0 cm³/mol. The van der Waals surface area contributed by atoms with Crippen LogP contribution in [0, 0.1) is 5.92 Å². The first-order chi connectivity index (χ1) is 9.17. The van der Waals surface area contributed by atoms with Gasteiger partial charge in [-0.3, -0.25) is 0 Å². The van der Waals surface area contributed by atoms with E-state index in [0.717, 1.165) is 0 Å². The minimum Gasteiger partial charge on any atom is -0.450 e. The second kappa shape index (κ2) is 7.20. The summed E-state index contributed by atoms with van der Waals surface area (Å²) in [5.74, 6) is 0.0356. The molecule has 0 aromatic rings. The number of halogens is 2. The van der Waals surface area contributed by atoms with Gasteiger partial charge in [0.15, 0.2) is 0 Å². The second-order valence-electron chi connectivity index (χ2n) is 6.65. The number of carbonyl (C=O) groups is 1. The molecular weight excluding hydrogens is 266 g/mol. The molecule has 0 radical (unpaired) electrons. The van der Waals surface area contributed by atoms with Gasteiger partial charge in [0, 0.05) is 11.6 Å². The van der Waals surface area contributed by atoms with Gasteiger partial charge in [-0.1, -0.05) is 0 Å². The Bertz CT molecular complexity index is 311. The number of carbonyl (C=O) groups excluding carboxylic acids is 1. The van der Waals surface area contributed by atoms with Crippen molar-refractivity contribution in [3.8, 4) is 0 Å². The van der Waals surface area contributed by atoms with Crippen molar-refractivity contribution < 1.29 is 18.3 Å². The third-order valence-electron chi connectivity index (χ3n) is 3.48. The standard InChI is InChI=1S/C14H26F2N2O2/c1-14(2,3)18-10(4-5-20-13(17)19)6-9-7-11(15)12(16)8-9/h9-12,18H,4-8H2,1-3H3,(H2,17,19). The number of primary amides is 1. The highest BCUT2D eigenvalue weighted by Crippen LogP contribution is 2.34. The zero-order valence-corrected chi connectivity index (χ0v) is 12.5. The average molecular weight is 292 g/mol. The molecule has 6 heteroatoms. The van der Waals surface area contributed by atoms with Gasteiger partial charge in [0.1, 0.15) is 12.3 Å². The number of ether oxygens (including phenoxy) is 1. The molecule has 20 heavy (non-hydrogen) atoms. The first-order valence-corrected chi connectivity index (χ1v) is 7.15. The molecule has 0 saturated heterocycles. The molecule has 3 unspecified atom stereocenters. The van der Waals surface area contributed by atoms with Gasteiger partial charge in [-0.05, 0) is 52.4 Å². The molecule has 4 nitrogen and oxygen atoms in total. The summed E-state index contributed by atoms with van der Waals surface area (Å²) in [5, 5.41) is 3.41. The summed E-state index contributed by atoms with van der Waals surface area (Å²) in [5.41, 5.74) is 4.81. The Morgan fingerprint density at radius 2 is 1.90 bits per heavy atom. The number of hydrogen-bond donors (Lipinski definition) is 2. The van der Waals surface area contributed by atoms with E-state index in [2.05, 4.69) is 5.32 Å². The predicted octanol–water partition coefficient (Wildman–Crippen LogP) is 2.70. The number of rotatable bonds is 6. The fourth-order valence-electron chi connectivity index (χ4n) is 2.79. The molecule has 0 aromatic heterocycles. The summed E-state index contributed by atoms with van der Waals surface area (Å²) in [7, 11) is 0. The maximum Gasteiger partial charge on any atom is 0.404 e. The van der Waals surface area contributed by atoms with E-state index in [4.69, 9.17) is 10.5 Å². The van der Waals surface area contributed by atoms with Crippen LogP contribution in [0.2, 0.25) is 0 Å². The molecule has 1 fully saturated rings. The van der Waals surface area contributed by atoms with Crippen molar-refractivity contribution in [3.05, 3.63) is 0 Å². The van der Waals surface area contributed by atoms with Crippen LogP contribution in [0.1, 0.15) is 46.5 Å². The highest BCUT2D eigenvalue weighted by atomic mass is 19.2. The fourth-order valence-corrected chi connectivity index (χ4v) is 2.79. The molecule has 1 amide bonds. The lowest BCUT2D eigenvalue weighted by atomic mass is 9.94. The van der Waals surface area contributed by atoms with Crippen LogP contribution < -0.4 is 11.1 Å². The zero-order valence-electron chi connectivity index (χ0n) is 12.5. The van der Waals surface area contributed by atoms with Gasteiger partial charge < -0.3 is 15.8 Å². The molecule has 0 aromatic carbocycles. The van der Waals surface area contributed by atoms with E-state index in [1.807, 2.05) is 20.8 Å². The molecule has 3 N–H and O–H groups in total. The minimum absolute atomic E-state index is 0.0356. The monoisotopic (exact) mass is 292 g/mol. The summed E-state index contributed by atoms with van der Waals surface area (Å²) in [6, 6.07) is 0.0526. The van der Waals surface area contributed by atoms with E-state index < -0.39 is 18.4 Å². The quantitative estimate of drug-likeness (QED) is 0.791. The van der Waals surface area contributed by atoms with E-state index in [1.165, 1.54) is 0 Å². The average Bonchev–Trinajstić information content (AvgIpc) is 2.54. The van der Waals surface area contributed by atoms with Crippen molar-refractivity contribution in [1.29, 1.82) is 0 Å². The highest BCUT2D eigenvalue weighted by molar-refractivity contribution is 5.64. The van der Waals surface area contributed by atoms with Crippen LogP contribution in [-0.2, 0) is 4.74 Å². The van der Waals surface area contributed by atoms with Crippen molar-refractivity contribution in [2.45, 2.75) is 70.4 Å². The number of nitrogens with two attached hydrogens (primary N) is 1. The third-order valence-corrected chi connectivity index (χ3v) is 3.48. The molecule has 0 heterocycles. The van der Waals surface area contributed by atoms with Gasteiger partial charge in [-0.15, -0.1) is 0 Å². The molecule has 1 saturated carbocycles.